The summed E-state index contributed by atoms with van der Waals surface area (Å²) in [4.78, 5) is 31.1. The lowest BCUT2D eigenvalue weighted by Crippen LogP contribution is -2.46. The lowest BCUT2D eigenvalue weighted by Gasteiger charge is -2.33. The van der Waals surface area contributed by atoms with Gasteiger partial charge in [0, 0.05) is 43.0 Å². The van der Waals surface area contributed by atoms with Gasteiger partial charge in [-0.05, 0) is 56.7 Å². The van der Waals surface area contributed by atoms with Crippen LogP contribution in [0.2, 0.25) is 0 Å². The van der Waals surface area contributed by atoms with Crippen LogP contribution in [-0.2, 0) is 4.79 Å². The minimum Gasteiger partial charge on any atom is -0.393 e. The third kappa shape index (κ3) is 4.64. The van der Waals surface area contributed by atoms with E-state index in [4.69, 9.17) is 0 Å². The second-order valence-corrected chi connectivity index (χ2v) is 7.98. The molecule has 2 amide bonds. The first-order valence-corrected chi connectivity index (χ1v) is 10.3. The number of hydrogen-bond donors (Lipinski definition) is 3. The van der Waals surface area contributed by atoms with E-state index >= 15 is 0 Å². The molecule has 1 aliphatic heterocycles. The molecule has 0 atom stereocenters. The van der Waals surface area contributed by atoms with E-state index in [9.17, 15) is 14.7 Å². The number of likely N-dealkylation sites (tertiary alicyclic amines) is 1. The predicted molar refractivity (Wildman–Crippen MR) is 107 cm³/mol. The van der Waals surface area contributed by atoms with Gasteiger partial charge in [-0.3, -0.25) is 19.7 Å². The largest absolute Gasteiger partial charge is 0.393 e. The van der Waals surface area contributed by atoms with Crippen LogP contribution < -0.4 is 5.32 Å². The maximum Gasteiger partial charge on any atom is 0.274 e. The number of amides is 2. The highest BCUT2D eigenvalue weighted by molar-refractivity contribution is 5.93. The molecule has 3 N–H and O–H groups in total. The standard InChI is InChI=1S/C21H27N5O3/c27-17-3-1-16(2-4-17)23-20(28)15-7-11-26(12-8-15)21(29)19-13-18(24-25-19)14-5-9-22-10-6-14/h5-6,9-10,13,15-17,27H,1-4,7-8,11-12H2,(H,23,28)(H,24,25)/t16-,17+. The molecular weight excluding hydrogens is 370 g/mol. The normalized spacial score (nSPS) is 23.0. The van der Waals surface area contributed by atoms with Crippen LogP contribution in [0.15, 0.2) is 30.6 Å². The van der Waals surface area contributed by atoms with Gasteiger partial charge in [-0.2, -0.15) is 5.10 Å². The quantitative estimate of drug-likeness (QED) is 0.728. The van der Waals surface area contributed by atoms with Crippen LogP contribution in [0.3, 0.4) is 0 Å². The molecule has 2 aromatic heterocycles. The second-order valence-electron chi connectivity index (χ2n) is 7.98. The second kappa shape index (κ2) is 8.73. The van der Waals surface area contributed by atoms with Gasteiger partial charge in [0.2, 0.25) is 5.91 Å². The Kier molecular flexibility index (Phi) is 5.89. The molecule has 154 valence electrons. The molecule has 2 fully saturated rings. The first-order chi connectivity index (χ1) is 14.1. The van der Waals surface area contributed by atoms with Gasteiger partial charge in [0.15, 0.2) is 5.69 Å². The Hall–Kier alpha value is -2.74. The molecular formula is C21H27N5O3. The topological polar surface area (TPSA) is 111 Å². The van der Waals surface area contributed by atoms with Gasteiger partial charge in [0.05, 0.1) is 11.8 Å². The molecule has 0 bridgehead atoms. The van der Waals surface area contributed by atoms with Crippen molar-refractivity contribution in [3.63, 3.8) is 0 Å². The fourth-order valence-electron chi connectivity index (χ4n) is 4.16. The van der Waals surface area contributed by atoms with Gasteiger partial charge >= 0.3 is 0 Å². The Morgan fingerprint density at radius 1 is 1.07 bits per heavy atom. The number of aliphatic hydroxyl groups excluding tert-OH is 1. The highest BCUT2D eigenvalue weighted by Crippen LogP contribution is 2.23. The minimum atomic E-state index is -0.224. The Bertz CT molecular complexity index is 837. The van der Waals surface area contributed by atoms with Crippen LogP contribution in [0, 0.1) is 5.92 Å². The molecule has 3 heterocycles. The first kappa shape index (κ1) is 19.6. The number of aromatic nitrogens is 3. The number of carbonyl (C=O) groups excluding carboxylic acids is 2. The molecule has 0 spiro atoms. The molecule has 1 saturated carbocycles. The summed E-state index contributed by atoms with van der Waals surface area (Å²) in [5, 5.41) is 19.8. The number of rotatable bonds is 4. The van der Waals surface area contributed by atoms with Crippen molar-refractivity contribution in [1.82, 2.24) is 25.4 Å². The maximum atomic E-state index is 12.8. The molecule has 0 unspecified atom stereocenters. The summed E-state index contributed by atoms with van der Waals surface area (Å²) in [7, 11) is 0. The number of H-pyrrole nitrogens is 1. The third-order valence-electron chi connectivity index (χ3n) is 5.98. The molecule has 4 rings (SSSR count). The summed E-state index contributed by atoms with van der Waals surface area (Å²) in [6.45, 7) is 1.11. The van der Waals surface area contributed by atoms with E-state index in [0.29, 0.717) is 31.6 Å². The van der Waals surface area contributed by atoms with E-state index in [0.717, 1.165) is 36.9 Å². The molecule has 29 heavy (non-hydrogen) atoms. The van der Waals surface area contributed by atoms with Crippen molar-refractivity contribution in [1.29, 1.82) is 0 Å². The highest BCUT2D eigenvalue weighted by atomic mass is 16.3. The average molecular weight is 397 g/mol. The van der Waals surface area contributed by atoms with Crippen molar-refractivity contribution < 1.29 is 14.7 Å². The summed E-state index contributed by atoms with van der Waals surface area (Å²) in [6, 6.07) is 5.65. The van der Waals surface area contributed by atoms with Gasteiger partial charge < -0.3 is 15.3 Å². The first-order valence-electron chi connectivity index (χ1n) is 10.3. The van der Waals surface area contributed by atoms with E-state index < -0.39 is 0 Å². The van der Waals surface area contributed by atoms with E-state index in [-0.39, 0.29) is 29.9 Å². The van der Waals surface area contributed by atoms with Crippen molar-refractivity contribution in [3.8, 4) is 11.3 Å². The van der Waals surface area contributed by atoms with Gasteiger partial charge in [-0.25, -0.2) is 0 Å². The van der Waals surface area contributed by atoms with E-state index in [1.807, 2.05) is 12.1 Å². The van der Waals surface area contributed by atoms with Crippen molar-refractivity contribution >= 4 is 11.8 Å². The predicted octanol–water partition coefficient (Wildman–Crippen LogP) is 1.74. The van der Waals surface area contributed by atoms with Gasteiger partial charge in [-0.1, -0.05) is 0 Å². The molecule has 2 aliphatic rings. The van der Waals surface area contributed by atoms with Crippen molar-refractivity contribution in [3.05, 3.63) is 36.3 Å². The number of piperidine rings is 1. The number of carbonyl (C=O) groups is 2. The van der Waals surface area contributed by atoms with Crippen LogP contribution in [0.25, 0.3) is 11.3 Å². The van der Waals surface area contributed by atoms with E-state index in [2.05, 4.69) is 20.5 Å². The Morgan fingerprint density at radius 3 is 2.45 bits per heavy atom. The smallest absolute Gasteiger partial charge is 0.274 e. The number of nitrogens with one attached hydrogen (secondary N) is 2. The average Bonchev–Trinajstić information content (AvgIpc) is 3.26. The lowest BCUT2D eigenvalue weighted by molar-refractivity contribution is -0.127. The number of hydrogen-bond acceptors (Lipinski definition) is 5. The fraction of sp³-hybridized carbons (Fsp3) is 0.524. The molecule has 1 saturated heterocycles. The van der Waals surface area contributed by atoms with Crippen LogP contribution >= 0.6 is 0 Å². The lowest BCUT2D eigenvalue weighted by atomic mass is 9.91. The third-order valence-corrected chi connectivity index (χ3v) is 5.98. The molecule has 2 aromatic rings. The van der Waals surface area contributed by atoms with E-state index in [1.165, 1.54) is 0 Å². The van der Waals surface area contributed by atoms with Gasteiger partial charge in [0.1, 0.15) is 0 Å². The molecule has 8 nitrogen and oxygen atoms in total. The van der Waals surface area contributed by atoms with Gasteiger partial charge in [-0.15, -0.1) is 0 Å². The van der Waals surface area contributed by atoms with Crippen molar-refractivity contribution in [2.75, 3.05) is 13.1 Å². The molecule has 1 aliphatic carbocycles. The number of nitrogens with zero attached hydrogens (tertiary/aromatic N) is 3. The maximum absolute atomic E-state index is 12.8. The fourth-order valence-corrected chi connectivity index (χ4v) is 4.16. The molecule has 0 radical (unpaired) electrons. The Morgan fingerprint density at radius 2 is 1.76 bits per heavy atom. The van der Waals surface area contributed by atoms with Crippen LogP contribution in [-0.4, -0.2) is 62.2 Å². The zero-order valence-electron chi connectivity index (χ0n) is 16.4. The summed E-state index contributed by atoms with van der Waals surface area (Å²) in [5.74, 6) is -0.0858. The van der Waals surface area contributed by atoms with Gasteiger partial charge in [0.25, 0.3) is 5.91 Å². The Balaban J connectivity index is 1.28. The SMILES string of the molecule is O=C(N[C@H]1CC[C@@H](O)CC1)C1CCN(C(=O)c2cc(-c3ccncc3)[nH]n2)CC1. The summed E-state index contributed by atoms with van der Waals surface area (Å²) >= 11 is 0. The highest BCUT2D eigenvalue weighted by Gasteiger charge is 2.30. The van der Waals surface area contributed by atoms with E-state index in [1.54, 1.807) is 23.4 Å². The number of pyridine rings is 1. The Labute approximate surface area is 169 Å². The van der Waals surface area contributed by atoms with Crippen LogP contribution in [0.4, 0.5) is 0 Å². The molecule has 8 heteroatoms. The zero-order chi connectivity index (χ0) is 20.2. The summed E-state index contributed by atoms with van der Waals surface area (Å²) in [5.41, 5.74) is 2.10. The monoisotopic (exact) mass is 397 g/mol. The number of aromatic amines is 1. The van der Waals surface area contributed by atoms with Crippen LogP contribution in [0.1, 0.15) is 49.0 Å². The molecule has 0 aromatic carbocycles. The number of aliphatic hydroxyl groups is 1. The minimum absolute atomic E-state index is 0.0579. The van der Waals surface area contributed by atoms with Crippen molar-refractivity contribution in [2.24, 2.45) is 5.92 Å². The van der Waals surface area contributed by atoms with Crippen LogP contribution in [0.5, 0.6) is 0 Å². The van der Waals surface area contributed by atoms with Crippen molar-refractivity contribution in [2.45, 2.75) is 50.7 Å². The summed E-state index contributed by atoms with van der Waals surface area (Å²) < 4.78 is 0. The zero-order valence-corrected chi connectivity index (χ0v) is 16.4. The summed E-state index contributed by atoms with van der Waals surface area (Å²) in [6.07, 6.45) is 7.67.